The minimum atomic E-state index is -0.849. The Balaban J connectivity index is -0.000000498. The van der Waals surface area contributed by atoms with E-state index in [0.29, 0.717) is 26.4 Å². The van der Waals surface area contributed by atoms with E-state index in [0.717, 1.165) is 0 Å². The SMILES string of the molecule is CCOC(=O)C(C(=O)OCC)=C(C)OCC.CCOC(=O)CC(=O)OCC.CCOC(C)(OCC)OCC. The molecule has 0 aromatic carbocycles. The zero-order chi connectivity index (χ0) is 30.0. The van der Waals surface area contributed by atoms with E-state index in [-0.39, 0.29) is 44.2 Å². The van der Waals surface area contributed by atoms with Crippen LogP contribution < -0.4 is 0 Å². The number of carbonyl (C=O) groups excluding carboxylic acids is 4. The maximum Gasteiger partial charge on any atom is 0.349 e. The smallest absolute Gasteiger partial charge is 0.349 e. The van der Waals surface area contributed by atoms with Gasteiger partial charge < -0.3 is 37.9 Å². The molecule has 0 aromatic heterocycles. The van der Waals surface area contributed by atoms with Gasteiger partial charge in [0, 0.05) is 26.7 Å². The summed E-state index contributed by atoms with van der Waals surface area (Å²) in [6.45, 7) is 20.6. The van der Waals surface area contributed by atoms with E-state index in [1.165, 1.54) is 6.92 Å². The molecule has 0 aliphatic heterocycles. The predicted molar refractivity (Wildman–Crippen MR) is 139 cm³/mol. The monoisotopic (exact) mass is 552 g/mol. The van der Waals surface area contributed by atoms with Crippen molar-refractivity contribution in [3.8, 4) is 0 Å². The summed E-state index contributed by atoms with van der Waals surface area (Å²) < 4.78 is 39.5. The topological polar surface area (TPSA) is 142 Å². The Labute approximate surface area is 227 Å². The summed E-state index contributed by atoms with van der Waals surface area (Å²) in [4.78, 5) is 44.2. The third-order valence-electron chi connectivity index (χ3n) is 3.79. The fraction of sp³-hybridized carbons (Fsp3) is 0.769. The fourth-order valence-corrected chi connectivity index (χ4v) is 2.52. The molecule has 38 heavy (non-hydrogen) atoms. The molecule has 0 aromatic rings. The van der Waals surface area contributed by atoms with Crippen molar-refractivity contribution in [1.29, 1.82) is 0 Å². The van der Waals surface area contributed by atoms with Gasteiger partial charge in [0.1, 0.15) is 12.2 Å². The summed E-state index contributed by atoms with van der Waals surface area (Å²) in [5.74, 6) is -3.13. The van der Waals surface area contributed by atoms with Crippen LogP contribution in [-0.4, -0.2) is 82.7 Å². The number of rotatable bonds is 16. The molecule has 0 saturated heterocycles. The van der Waals surface area contributed by atoms with Gasteiger partial charge in [0.05, 0.1) is 33.0 Å². The van der Waals surface area contributed by atoms with Crippen molar-refractivity contribution < 1.29 is 57.1 Å². The van der Waals surface area contributed by atoms with Crippen LogP contribution in [0.1, 0.15) is 75.7 Å². The second-order valence-corrected chi connectivity index (χ2v) is 6.75. The lowest BCUT2D eigenvalue weighted by molar-refractivity contribution is -0.365. The zero-order valence-electron chi connectivity index (χ0n) is 24.8. The number of hydrogen-bond donors (Lipinski definition) is 0. The van der Waals surface area contributed by atoms with Crippen LogP contribution in [0.2, 0.25) is 0 Å². The van der Waals surface area contributed by atoms with Crippen LogP contribution in [0.4, 0.5) is 0 Å². The van der Waals surface area contributed by atoms with E-state index >= 15 is 0 Å². The Morgan fingerprint density at radius 1 is 0.500 bits per heavy atom. The summed E-state index contributed by atoms with van der Waals surface area (Å²) in [7, 11) is 0. The molecule has 0 spiro atoms. The molecule has 0 aliphatic carbocycles. The van der Waals surface area contributed by atoms with Crippen LogP contribution in [0.25, 0.3) is 0 Å². The molecule has 12 nitrogen and oxygen atoms in total. The molecule has 0 saturated carbocycles. The molecule has 0 amide bonds. The van der Waals surface area contributed by atoms with Crippen molar-refractivity contribution >= 4 is 23.9 Å². The van der Waals surface area contributed by atoms with E-state index < -0.39 is 29.9 Å². The first-order valence-electron chi connectivity index (χ1n) is 12.9. The quantitative estimate of drug-likeness (QED) is 0.0524. The van der Waals surface area contributed by atoms with Gasteiger partial charge in [-0.3, -0.25) is 9.59 Å². The van der Waals surface area contributed by atoms with Crippen molar-refractivity contribution in [3.05, 3.63) is 11.3 Å². The molecule has 0 fully saturated rings. The van der Waals surface area contributed by atoms with Gasteiger partial charge in [-0.25, -0.2) is 9.59 Å². The third kappa shape index (κ3) is 21.4. The molecule has 0 heterocycles. The van der Waals surface area contributed by atoms with Gasteiger partial charge in [0.25, 0.3) is 5.97 Å². The van der Waals surface area contributed by atoms with Gasteiger partial charge in [0.15, 0.2) is 5.57 Å². The first-order valence-corrected chi connectivity index (χ1v) is 12.9. The van der Waals surface area contributed by atoms with Gasteiger partial charge in [-0.1, -0.05) is 0 Å². The highest BCUT2D eigenvalue weighted by Gasteiger charge is 2.25. The van der Waals surface area contributed by atoms with Crippen molar-refractivity contribution in [2.75, 3.05) is 52.9 Å². The summed E-state index contributed by atoms with van der Waals surface area (Å²) in [6, 6.07) is 0. The summed E-state index contributed by atoms with van der Waals surface area (Å²) in [6.07, 6.45) is -0.290. The molecule has 0 bridgehead atoms. The molecular formula is C26H48O12. The normalized spacial score (nSPS) is 9.95. The average molecular weight is 553 g/mol. The molecule has 0 atom stereocenters. The van der Waals surface area contributed by atoms with Crippen LogP contribution >= 0.6 is 0 Å². The first-order chi connectivity index (χ1) is 18.0. The fourth-order valence-electron chi connectivity index (χ4n) is 2.52. The van der Waals surface area contributed by atoms with Crippen molar-refractivity contribution in [1.82, 2.24) is 0 Å². The van der Waals surface area contributed by atoms with Crippen molar-refractivity contribution in [2.24, 2.45) is 0 Å². The summed E-state index contributed by atoms with van der Waals surface area (Å²) in [5, 5.41) is 0. The van der Waals surface area contributed by atoms with Crippen LogP contribution in [0.15, 0.2) is 11.3 Å². The Hall–Kier alpha value is -2.70. The van der Waals surface area contributed by atoms with E-state index in [1.807, 2.05) is 20.8 Å². The van der Waals surface area contributed by atoms with Crippen molar-refractivity contribution in [2.45, 2.75) is 81.6 Å². The molecule has 0 rings (SSSR count). The Bertz CT molecular complexity index is 635. The minimum Gasteiger partial charge on any atom is -0.497 e. The molecule has 0 unspecified atom stereocenters. The van der Waals surface area contributed by atoms with Gasteiger partial charge in [-0.15, -0.1) is 0 Å². The molecule has 224 valence electrons. The Morgan fingerprint density at radius 2 is 0.816 bits per heavy atom. The second-order valence-electron chi connectivity index (χ2n) is 6.75. The number of ether oxygens (including phenoxy) is 8. The highest BCUT2D eigenvalue weighted by molar-refractivity contribution is 6.14. The lowest BCUT2D eigenvalue weighted by Gasteiger charge is -2.27. The number of hydrogen-bond acceptors (Lipinski definition) is 12. The largest absolute Gasteiger partial charge is 0.497 e. The highest BCUT2D eigenvalue weighted by Crippen LogP contribution is 2.13. The molecular weight excluding hydrogens is 504 g/mol. The Morgan fingerprint density at radius 3 is 1.08 bits per heavy atom. The maximum absolute atomic E-state index is 11.5. The highest BCUT2D eigenvalue weighted by atomic mass is 16.9. The molecule has 12 heteroatoms. The third-order valence-corrected chi connectivity index (χ3v) is 3.79. The second kappa shape index (κ2) is 25.9. The summed E-state index contributed by atoms with van der Waals surface area (Å²) in [5.41, 5.74) is -0.175. The number of allylic oxidation sites excluding steroid dienone is 1. The lowest BCUT2D eigenvalue weighted by atomic mass is 10.2. The molecule has 0 radical (unpaired) electrons. The predicted octanol–water partition coefficient (Wildman–Crippen LogP) is 3.70. The average Bonchev–Trinajstić information content (AvgIpc) is 2.81. The van der Waals surface area contributed by atoms with Crippen LogP contribution in [-0.2, 0) is 57.1 Å². The first kappa shape index (κ1) is 39.8. The minimum absolute atomic E-state index is 0.175. The number of carbonyl (C=O) groups is 4. The maximum atomic E-state index is 11.5. The molecule has 0 N–H and O–H groups in total. The lowest BCUT2D eigenvalue weighted by Crippen LogP contribution is -2.35. The van der Waals surface area contributed by atoms with Crippen LogP contribution in [0.3, 0.4) is 0 Å². The standard InChI is InChI=1S/C11H18O5.C8H18O3.C7H12O4/c1-5-14-8(4)9(10(12)15-6-2)11(13)16-7-3;1-5-9-8(4,10-6-2)11-7-3;1-3-10-6(8)5-7(9)11-4-2/h5-7H2,1-4H3;5-7H2,1-4H3;3-5H2,1-2H3. The Kier molecular flexibility index (Phi) is 27.2. The summed E-state index contributed by atoms with van der Waals surface area (Å²) >= 11 is 0. The van der Waals surface area contributed by atoms with Crippen LogP contribution in [0.5, 0.6) is 0 Å². The van der Waals surface area contributed by atoms with Crippen molar-refractivity contribution in [3.63, 3.8) is 0 Å². The van der Waals surface area contributed by atoms with Gasteiger partial charge in [-0.05, 0) is 62.3 Å². The van der Waals surface area contributed by atoms with E-state index in [9.17, 15) is 19.2 Å². The van der Waals surface area contributed by atoms with Gasteiger partial charge in [0.2, 0.25) is 0 Å². The molecule has 0 aliphatic rings. The van der Waals surface area contributed by atoms with E-state index in [1.54, 1.807) is 41.5 Å². The van der Waals surface area contributed by atoms with E-state index in [2.05, 4.69) is 9.47 Å². The zero-order valence-corrected chi connectivity index (χ0v) is 24.8. The van der Waals surface area contributed by atoms with Gasteiger partial charge >= 0.3 is 23.9 Å². The number of esters is 4. The van der Waals surface area contributed by atoms with Gasteiger partial charge in [-0.2, -0.15) is 0 Å². The van der Waals surface area contributed by atoms with Crippen LogP contribution in [0, 0.1) is 0 Å². The van der Waals surface area contributed by atoms with E-state index in [4.69, 9.17) is 28.4 Å².